The van der Waals surface area contributed by atoms with Crippen molar-refractivity contribution in [3.05, 3.63) is 66.0 Å². The number of hydrogen-bond donors (Lipinski definition) is 0. The van der Waals surface area contributed by atoms with E-state index in [0.29, 0.717) is 11.0 Å². The lowest BCUT2D eigenvalue weighted by atomic mass is 10.2. The third kappa shape index (κ3) is 5.34. The average Bonchev–Trinajstić information content (AvgIpc) is 3.07. The van der Waals surface area contributed by atoms with Crippen molar-refractivity contribution in [2.75, 3.05) is 6.26 Å². The van der Waals surface area contributed by atoms with Crippen molar-refractivity contribution in [1.82, 2.24) is 14.9 Å². The summed E-state index contributed by atoms with van der Waals surface area (Å²) in [6.45, 7) is 4.29. The van der Waals surface area contributed by atoms with Gasteiger partial charge in [-0.15, -0.1) is 10.2 Å². The number of aromatic nitrogens is 3. The van der Waals surface area contributed by atoms with Crippen LogP contribution < -0.4 is 9.47 Å². The van der Waals surface area contributed by atoms with E-state index in [1.165, 1.54) is 11.8 Å². The highest BCUT2D eigenvalue weighted by Crippen LogP contribution is 2.17. The smallest absolute Gasteiger partial charge is 0.211 e. The van der Waals surface area contributed by atoms with Crippen molar-refractivity contribution >= 4 is 18.0 Å². The molecule has 0 aliphatic heterocycles. The van der Waals surface area contributed by atoms with Crippen LogP contribution in [-0.2, 0) is 6.61 Å². The fourth-order valence-electron chi connectivity index (χ4n) is 2.36. The molecule has 0 amide bonds. The predicted octanol–water partition coefficient (Wildman–Crippen LogP) is 4.25. The Hall–Kier alpha value is -2.80. The quantitative estimate of drug-likeness (QED) is 0.431. The molecule has 27 heavy (non-hydrogen) atoms. The fourth-order valence-corrected chi connectivity index (χ4v) is 2.81. The van der Waals surface area contributed by atoms with Gasteiger partial charge < -0.3 is 9.47 Å². The third-order valence-corrected chi connectivity index (χ3v) is 4.14. The van der Waals surface area contributed by atoms with Gasteiger partial charge in [0.05, 0.1) is 12.3 Å². The molecule has 0 spiro atoms. The number of rotatable bonds is 8. The van der Waals surface area contributed by atoms with Crippen molar-refractivity contribution in [3.8, 4) is 11.5 Å². The van der Waals surface area contributed by atoms with Gasteiger partial charge in [-0.05, 0) is 49.9 Å². The molecule has 6 nitrogen and oxygen atoms in total. The molecule has 1 aromatic heterocycles. The van der Waals surface area contributed by atoms with Gasteiger partial charge in [-0.2, -0.15) is 9.78 Å². The minimum absolute atomic E-state index is 0.125. The summed E-state index contributed by atoms with van der Waals surface area (Å²) < 4.78 is 13.2. The Labute approximate surface area is 163 Å². The lowest BCUT2D eigenvalue weighted by Gasteiger charge is -2.09. The summed E-state index contributed by atoms with van der Waals surface area (Å²) in [4.78, 5) is 0. The maximum absolute atomic E-state index is 5.78. The van der Waals surface area contributed by atoms with Crippen molar-refractivity contribution in [3.63, 3.8) is 0 Å². The first-order valence-electron chi connectivity index (χ1n) is 8.63. The van der Waals surface area contributed by atoms with Crippen LogP contribution in [-0.4, -0.2) is 33.4 Å². The lowest BCUT2D eigenvalue weighted by Crippen LogP contribution is -2.06. The number of benzene rings is 2. The van der Waals surface area contributed by atoms with E-state index in [4.69, 9.17) is 9.47 Å². The van der Waals surface area contributed by atoms with Crippen LogP contribution in [0.25, 0.3) is 0 Å². The summed E-state index contributed by atoms with van der Waals surface area (Å²) in [5.41, 5.74) is 0.934. The molecule has 0 atom stereocenters. The fraction of sp³-hybridized carbons (Fsp3) is 0.250. The lowest BCUT2D eigenvalue weighted by molar-refractivity contribution is 0.242. The van der Waals surface area contributed by atoms with Gasteiger partial charge in [0.25, 0.3) is 0 Å². The van der Waals surface area contributed by atoms with E-state index in [1.54, 1.807) is 10.9 Å². The van der Waals surface area contributed by atoms with Gasteiger partial charge in [-0.3, -0.25) is 0 Å². The van der Waals surface area contributed by atoms with Crippen LogP contribution >= 0.6 is 11.8 Å². The van der Waals surface area contributed by atoms with Crippen molar-refractivity contribution in [2.24, 2.45) is 5.10 Å². The zero-order valence-electron chi connectivity index (χ0n) is 15.6. The van der Waals surface area contributed by atoms with Crippen LogP contribution in [0.15, 0.2) is 64.9 Å². The second kappa shape index (κ2) is 9.23. The largest absolute Gasteiger partial charge is 0.491 e. The molecule has 0 bridgehead atoms. The molecule has 0 aliphatic rings. The summed E-state index contributed by atoms with van der Waals surface area (Å²) >= 11 is 1.48. The molecule has 0 radical (unpaired) electrons. The van der Waals surface area contributed by atoms with Gasteiger partial charge in [0.1, 0.15) is 18.1 Å². The standard InChI is InChI=1S/C20H22N4O2S/c1-15(2)26-18-11-7-8-16(12-18)13-21-24-19(22-23-20(24)27-3)14-25-17-9-5-4-6-10-17/h4-13,15H,14H2,1-3H3/b21-13-. The van der Waals surface area contributed by atoms with Crippen LogP contribution in [0.3, 0.4) is 0 Å². The summed E-state index contributed by atoms with van der Waals surface area (Å²) in [6.07, 6.45) is 3.83. The first kappa shape index (κ1) is 19.0. The van der Waals surface area contributed by atoms with Crippen LogP contribution in [0, 0.1) is 0 Å². The molecule has 7 heteroatoms. The second-order valence-corrected chi connectivity index (χ2v) is 6.77. The van der Waals surface area contributed by atoms with Crippen molar-refractivity contribution in [2.45, 2.75) is 31.7 Å². The highest BCUT2D eigenvalue weighted by atomic mass is 32.2. The summed E-state index contributed by atoms with van der Waals surface area (Å²) in [6, 6.07) is 17.4. The molecule has 0 saturated heterocycles. The van der Waals surface area contributed by atoms with E-state index in [9.17, 15) is 0 Å². The zero-order valence-corrected chi connectivity index (χ0v) is 16.4. The third-order valence-electron chi connectivity index (χ3n) is 3.52. The highest BCUT2D eigenvalue weighted by Gasteiger charge is 2.11. The molecular formula is C20H22N4O2S. The average molecular weight is 382 g/mol. The molecule has 0 fully saturated rings. The minimum atomic E-state index is 0.125. The Morgan fingerprint density at radius 3 is 2.59 bits per heavy atom. The van der Waals surface area contributed by atoms with Crippen molar-refractivity contribution in [1.29, 1.82) is 0 Å². The van der Waals surface area contributed by atoms with Gasteiger partial charge in [0.2, 0.25) is 5.16 Å². The summed E-state index contributed by atoms with van der Waals surface area (Å²) in [5, 5.41) is 13.6. The van der Waals surface area contributed by atoms with E-state index in [-0.39, 0.29) is 12.7 Å². The van der Waals surface area contributed by atoms with Gasteiger partial charge in [-0.1, -0.05) is 42.1 Å². The molecule has 3 rings (SSSR count). The van der Waals surface area contributed by atoms with Crippen LogP contribution in [0.5, 0.6) is 11.5 Å². The van der Waals surface area contributed by atoms with Gasteiger partial charge in [0.15, 0.2) is 5.82 Å². The predicted molar refractivity (Wildman–Crippen MR) is 108 cm³/mol. The first-order valence-corrected chi connectivity index (χ1v) is 9.85. The Bertz CT molecular complexity index is 894. The highest BCUT2D eigenvalue weighted by molar-refractivity contribution is 7.98. The number of nitrogens with zero attached hydrogens (tertiary/aromatic N) is 4. The molecule has 3 aromatic rings. The van der Waals surface area contributed by atoms with E-state index >= 15 is 0 Å². The maximum Gasteiger partial charge on any atom is 0.211 e. The maximum atomic E-state index is 5.78. The van der Waals surface area contributed by atoms with Crippen LogP contribution in [0.4, 0.5) is 0 Å². The topological polar surface area (TPSA) is 61.5 Å². The van der Waals surface area contributed by atoms with Gasteiger partial charge in [-0.25, -0.2) is 0 Å². The normalized spacial score (nSPS) is 11.3. The van der Waals surface area contributed by atoms with Crippen LogP contribution in [0.2, 0.25) is 0 Å². The van der Waals surface area contributed by atoms with E-state index in [1.807, 2.05) is 74.7 Å². The van der Waals surface area contributed by atoms with E-state index < -0.39 is 0 Å². The van der Waals surface area contributed by atoms with Crippen molar-refractivity contribution < 1.29 is 9.47 Å². The SMILES string of the molecule is CSc1nnc(COc2ccccc2)n1/N=C\c1cccc(OC(C)C)c1. The second-order valence-electron chi connectivity index (χ2n) is 6.00. The number of ether oxygens (including phenoxy) is 2. The molecule has 2 aromatic carbocycles. The molecular weight excluding hydrogens is 360 g/mol. The number of para-hydroxylation sites is 1. The summed E-state index contributed by atoms with van der Waals surface area (Å²) in [7, 11) is 0. The molecule has 0 aliphatic carbocycles. The molecule has 140 valence electrons. The Morgan fingerprint density at radius 2 is 1.85 bits per heavy atom. The van der Waals surface area contributed by atoms with Crippen LogP contribution in [0.1, 0.15) is 25.2 Å². The van der Waals surface area contributed by atoms with E-state index in [0.717, 1.165) is 17.1 Å². The Balaban J connectivity index is 1.77. The number of thioether (sulfide) groups is 1. The molecule has 0 N–H and O–H groups in total. The molecule has 0 saturated carbocycles. The molecule has 1 heterocycles. The summed E-state index contributed by atoms with van der Waals surface area (Å²) in [5.74, 6) is 2.23. The Morgan fingerprint density at radius 1 is 1.07 bits per heavy atom. The van der Waals surface area contributed by atoms with Gasteiger partial charge >= 0.3 is 0 Å². The van der Waals surface area contributed by atoms with E-state index in [2.05, 4.69) is 15.3 Å². The zero-order chi connectivity index (χ0) is 19.1. The molecule has 0 unspecified atom stereocenters. The first-order chi connectivity index (χ1) is 13.2. The number of hydrogen-bond acceptors (Lipinski definition) is 6. The minimum Gasteiger partial charge on any atom is -0.491 e. The Kier molecular flexibility index (Phi) is 6.49. The van der Waals surface area contributed by atoms with Gasteiger partial charge in [0, 0.05) is 0 Å². The monoisotopic (exact) mass is 382 g/mol.